The van der Waals surface area contributed by atoms with Gasteiger partial charge in [-0.3, -0.25) is 0 Å². The Morgan fingerprint density at radius 2 is 1.93 bits per heavy atom. The van der Waals surface area contributed by atoms with Crippen LogP contribution in [0.5, 0.6) is 0 Å². The van der Waals surface area contributed by atoms with E-state index in [0.717, 1.165) is 17.2 Å². The molecular weight excluding hydrogens is 180 g/mol. The molecule has 0 aliphatic heterocycles. The molecule has 0 aliphatic carbocycles. The Morgan fingerprint density at radius 1 is 1.36 bits per heavy atom. The Bertz CT molecular complexity index is 314. The van der Waals surface area contributed by atoms with Crippen LogP contribution in [0.15, 0.2) is 36.9 Å². The lowest BCUT2D eigenvalue weighted by molar-refractivity contribution is -0.138. The smallest absolute Gasteiger partial charge is 0.330 e. The molecule has 0 amide bonds. The van der Waals surface area contributed by atoms with Gasteiger partial charge in [-0.15, -0.1) is 0 Å². The van der Waals surface area contributed by atoms with Crippen molar-refractivity contribution in [2.45, 2.75) is 13.2 Å². The van der Waals surface area contributed by atoms with E-state index in [1.807, 2.05) is 12.1 Å². The van der Waals surface area contributed by atoms with Gasteiger partial charge in [-0.25, -0.2) is 4.79 Å². The van der Waals surface area contributed by atoms with E-state index in [0.29, 0.717) is 0 Å². The van der Waals surface area contributed by atoms with Crippen LogP contribution in [0.3, 0.4) is 0 Å². The molecule has 0 saturated heterocycles. The molecular formula is C11H12O3. The van der Waals surface area contributed by atoms with Gasteiger partial charge in [0.05, 0.1) is 6.61 Å². The number of hydrogen-bond donors (Lipinski definition) is 1. The molecule has 3 nitrogen and oxygen atoms in total. The van der Waals surface area contributed by atoms with Crippen LogP contribution in [0.2, 0.25) is 0 Å². The molecule has 0 aliphatic rings. The van der Waals surface area contributed by atoms with Crippen molar-refractivity contribution in [2.75, 3.05) is 0 Å². The highest BCUT2D eigenvalue weighted by Gasteiger charge is 1.97. The first-order chi connectivity index (χ1) is 6.76. The van der Waals surface area contributed by atoms with E-state index in [9.17, 15) is 4.79 Å². The van der Waals surface area contributed by atoms with Gasteiger partial charge in [0.15, 0.2) is 0 Å². The van der Waals surface area contributed by atoms with Gasteiger partial charge in [-0.1, -0.05) is 30.8 Å². The van der Waals surface area contributed by atoms with Gasteiger partial charge in [-0.2, -0.15) is 0 Å². The maximum atomic E-state index is 10.7. The molecule has 0 heterocycles. The lowest BCUT2D eigenvalue weighted by Gasteiger charge is -2.02. The molecule has 1 aromatic rings. The lowest BCUT2D eigenvalue weighted by Crippen LogP contribution is -2.00. The first kappa shape index (κ1) is 10.5. The van der Waals surface area contributed by atoms with Gasteiger partial charge >= 0.3 is 5.97 Å². The molecule has 0 spiro atoms. The summed E-state index contributed by atoms with van der Waals surface area (Å²) < 4.78 is 4.83. The Hall–Kier alpha value is -1.61. The predicted octanol–water partition coefficient (Wildman–Crippen LogP) is 1.41. The summed E-state index contributed by atoms with van der Waals surface area (Å²) in [5.74, 6) is -0.434. The van der Waals surface area contributed by atoms with Crippen molar-refractivity contribution in [2.24, 2.45) is 0 Å². The topological polar surface area (TPSA) is 46.5 Å². The van der Waals surface area contributed by atoms with Gasteiger partial charge in [0.1, 0.15) is 6.61 Å². The van der Waals surface area contributed by atoms with E-state index in [4.69, 9.17) is 9.84 Å². The third-order valence-electron chi connectivity index (χ3n) is 1.75. The summed E-state index contributed by atoms with van der Waals surface area (Å²) >= 11 is 0. The summed E-state index contributed by atoms with van der Waals surface area (Å²) in [7, 11) is 0. The second-order valence-electron chi connectivity index (χ2n) is 2.79. The lowest BCUT2D eigenvalue weighted by atomic mass is 10.1. The monoisotopic (exact) mass is 192 g/mol. The number of rotatable bonds is 4. The minimum atomic E-state index is -0.434. The van der Waals surface area contributed by atoms with Crippen molar-refractivity contribution in [1.82, 2.24) is 0 Å². The number of carbonyl (C=O) groups excluding carboxylic acids is 1. The maximum absolute atomic E-state index is 10.7. The molecule has 0 unspecified atom stereocenters. The molecule has 1 N–H and O–H groups in total. The summed E-state index contributed by atoms with van der Waals surface area (Å²) in [5, 5.41) is 8.79. The highest BCUT2D eigenvalue weighted by atomic mass is 16.5. The van der Waals surface area contributed by atoms with Gasteiger partial charge in [-0.05, 0) is 11.1 Å². The average molecular weight is 192 g/mol. The molecule has 0 radical (unpaired) electrons. The Labute approximate surface area is 82.6 Å². The molecule has 74 valence electrons. The minimum Gasteiger partial charge on any atom is -0.458 e. The molecule has 14 heavy (non-hydrogen) atoms. The van der Waals surface area contributed by atoms with E-state index in [1.54, 1.807) is 12.1 Å². The predicted molar refractivity (Wildman–Crippen MR) is 52.4 cm³/mol. The third-order valence-corrected chi connectivity index (χ3v) is 1.75. The number of esters is 1. The van der Waals surface area contributed by atoms with Crippen LogP contribution in [0, 0.1) is 0 Å². The largest absolute Gasteiger partial charge is 0.458 e. The third kappa shape index (κ3) is 3.03. The molecule has 1 rings (SSSR count). The van der Waals surface area contributed by atoms with Crippen LogP contribution in [-0.4, -0.2) is 11.1 Å². The Morgan fingerprint density at radius 3 is 2.43 bits per heavy atom. The molecule has 0 atom stereocenters. The minimum absolute atomic E-state index is 0.0206. The van der Waals surface area contributed by atoms with Crippen molar-refractivity contribution in [1.29, 1.82) is 0 Å². The molecule has 0 saturated carbocycles. The van der Waals surface area contributed by atoms with Gasteiger partial charge < -0.3 is 9.84 Å². The van der Waals surface area contributed by atoms with Crippen LogP contribution in [-0.2, 0) is 22.7 Å². The van der Waals surface area contributed by atoms with Gasteiger partial charge in [0, 0.05) is 6.08 Å². The summed E-state index contributed by atoms with van der Waals surface area (Å²) in [6, 6.07) is 7.19. The van der Waals surface area contributed by atoms with Crippen LogP contribution < -0.4 is 0 Å². The molecule has 0 fully saturated rings. The normalized spacial score (nSPS) is 9.50. The number of ether oxygens (including phenoxy) is 1. The molecule has 0 aromatic heterocycles. The Balaban J connectivity index is 2.51. The first-order valence-electron chi connectivity index (χ1n) is 4.24. The van der Waals surface area contributed by atoms with Gasteiger partial charge in [0.2, 0.25) is 0 Å². The highest BCUT2D eigenvalue weighted by molar-refractivity contribution is 5.81. The summed E-state index contributed by atoms with van der Waals surface area (Å²) in [5.41, 5.74) is 1.72. The van der Waals surface area contributed by atoms with E-state index < -0.39 is 5.97 Å². The van der Waals surface area contributed by atoms with Crippen LogP contribution in [0.1, 0.15) is 11.1 Å². The number of hydrogen-bond acceptors (Lipinski definition) is 3. The molecule has 1 aromatic carbocycles. The second-order valence-corrected chi connectivity index (χ2v) is 2.79. The molecule has 0 bridgehead atoms. The number of carbonyl (C=O) groups is 1. The number of aliphatic hydroxyl groups excluding tert-OH is 1. The second kappa shape index (κ2) is 5.19. The fraction of sp³-hybridized carbons (Fsp3) is 0.182. The number of aliphatic hydroxyl groups is 1. The standard InChI is InChI=1S/C11H12O3/c1-2-11(13)14-8-10-5-3-9(7-12)4-6-10/h2-6,12H,1,7-8H2. The fourth-order valence-corrected chi connectivity index (χ4v) is 0.954. The maximum Gasteiger partial charge on any atom is 0.330 e. The first-order valence-corrected chi connectivity index (χ1v) is 4.24. The zero-order chi connectivity index (χ0) is 10.4. The van der Waals surface area contributed by atoms with E-state index in [2.05, 4.69) is 6.58 Å². The summed E-state index contributed by atoms with van der Waals surface area (Å²) in [4.78, 5) is 10.7. The van der Waals surface area contributed by atoms with E-state index in [1.165, 1.54) is 0 Å². The van der Waals surface area contributed by atoms with Crippen LogP contribution in [0.25, 0.3) is 0 Å². The quantitative estimate of drug-likeness (QED) is 0.579. The summed E-state index contributed by atoms with van der Waals surface area (Å²) in [6.07, 6.45) is 1.13. The van der Waals surface area contributed by atoms with E-state index >= 15 is 0 Å². The SMILES string of the molecule is C=CC(=O)OCc1ccc(CO)cc1. The summed E-state index contributed by atoms with van der Waals surface area (Å²) in [6.45, 7) is 3.55. The fourth-order valence-electron chi connectivity index (χ4n) is 0.954. The zero-order valence-electron chi connectivity index (χ0n) is 7.77. The van der Waals surface area contributed by atoms with Crippen LogP contribution in [0.4, 0.5) is 0 Å². The molecule has 3 heteroatoms. The van der Waals surface area contributed by atoms with Crippen LogP contribution >= 0.6 is 0 Å². The number of benzene rings is 1. The van der Waals surface area contributed by atoms with Crippen molar-refractivity contribution >= 4 is 5.97 Å². The van der Waals surface area contributed by atoms with Crippen molar-refractivity contribution in [3.8, 4) is 0 Å². The average Bonchev–Trinajstić information content (AvgIpc) is 2.26. The van der Waals surface area contributed by atoms with E-state index in [-0.39, 0.29) is 13.2 Å². The Kier molecular flexibility index (Phi) is 3.88. The zero-order valence-corrected chi connectivity index (χ0v) is 7.77. The highest BCUT2D eigenvalue weighted by Crippen LogP contribution is 2.05. The van der Waals surface area contributed by atoms with Crippen molar-refractivity contribution < 1.29 is 14.6 Å². The van der Waals surface area contributed by atoms with Gasteiger partial charge in [0.25, 0.3) is 0 Å². The van der Waals surface area contributed by atoms with Crippen molar-refractivity contribution in [3.63, 3.8) is 0 Å². The van der Waals surface area contributed by atoms with Crippen molar-refractivity contribution in [3.05, 3.63) is 48.0 Å².